The van der Waals surface area contributed by atoms with Crippen LogP contribution in [-0.2, 0) is 47.5 Å². The molecule has 0 unspecified atom stereocenters. The quantitative estimate of drug-likeness (QED) is 0.416. The van der Waals surface area contributed by atoms with Gasteiger partial charge in [-0.15, -0.1) is 0 Å². The monoisotopic (exact) mass is 378 g/mol. The number of methoxy groups -OCH3 is 3. The molecule has 1 aliphatic rings. The van der Waals surface area contributed by atoms with Crippen molar-refractivity contribution >= 4 is 17.9 Å². The Kier molecular flexibility index (Phi) is 8.93. The molecule has 6 atom stereocenters. The Morgan fingerprint density at radius 3 is 1.77 bits per heavy atom. The molecular formula is C16H26O10. The van der Waals surface area contributed by atoms with Gasteiger partial charge in [0.2, 0.25) is 0 Å². The number of carbonyl (C=O) groups is 3. The second-order valence-electron chi connectivity index (χ2n) is 5.66. The fourth-order valence-corrected chi connectivity index (χ4v) is 2.75. The van der Waals surface area contributed by atoms with Gasteiger partial charge in [0.05, 0.1) is 6.61 Å². The molecule has 0 aromatic rings. The molecule has 10 heteroatoms. The van der Waals surface area contributed by atoms with Crippen LogP contribution in [0.25, 0.3) is 0 Å². The van der Waals surface area contributed by atoms with E-state index in [1.165, 1.54) is 42.1 Å². The van der Waals surface area contributed by atoms with E-state index in [0.29, 0.717) is 0 Å². The lowest BCUT2D eigenvalue weighted by Gasteiger charge is -2.45. The molecule has 0 saturated carbocycles. The molecule has 0 aliphatic carbocycles. The summed E-state index contributed by atoms with van der Waals surface area (Å²) in [6.07, 6.45) is -6.04. The highest BCUT2D eigenvalue weighted by Crippen LogP contribution is 2.31. The minimum absolute atomic E-state index is 0.111. The molecule has 0 amide bonds. The predicted molar refractivity (Wildman–Crippen MR) is 85.0 cm³/mol. The van der Waals surface area contributed by atoms with Crippen LogP contribution >= 0.6 is 0 Å². The molecule has 1 saturated heterocycles. The van der Waals surface area contributed by atoms with Crippen LogP contribution in [0, 0.1) is 0 Å². The molecule has 26 heavy (non-hydrogen) atoms. The highest BCUT2D eigenvalue weighted by Gasteiger charge is 2.54. The molecule has 1 rings (SSSR count). The second-order valence-corrected chi connectivity index (χ2v) is 5.66. The van der Waals surface area contributed by atoms with E-state index < -0.39 is 54.7 Å². The summed E-state index contributed by atoms with van der Waals surface area (Å²) in [5, 5.41) is 0. The predicted octanol–water partition coefficient (Wildman–Crippen LogP) is -0.186. The Morgan fingerprint density at radius 2 is 1.35 bits per heavy atom. The van der Waals surface area contributed by atoms with Gasteiger partial charge in [0.25, 0.3) is 0 Å². The van der Waals surface area contributed by atoms with E-state index in [1.807, 2.05) is 0 Å². The Labute approximate surface area is 151 Å². The van der Waals surface area contributed by atoms with Crippen molar-refractivity contribution in [3.05, 3.63) is 0 Å². The largest absolute Gasteiger partial charge is 0.456 e. The van der Waals surface area contributed by atoms with Gasteiger partial charge in [0.1, 0.15) is 12.2 Å². The van der Waals surface area contributed by atoms with Gasteiger partial charge in [-0.25, -0.2) is 0 Å². The molecule has 1 fully saturated rings. The Hall–Kier alpha value is -1.75. The van der Waals surface area contributed by atoms with Gasteiger partial charge in [-0.3, -0.25) is 14.4 Å². The van der Waals surface area contributed by atoms with Gasteiger partial charge in [-0.05, 0) is 0 Å². The fraction of sp³-hybridized carbons (Fsp3) is 0.812. The van der Waals surface area contributed by atoms with Crippen molar-refractivity contribution in [1.29, 1.82) is 0 Å². The molecular weight excluding hydrogens is 352 g/mol. The average Bonchev–Trinajstić information content (AvgIpc) is 2.55. The second kappa shape index (κ2) is 10.4. The van der Waals surface area contributed by atoms with Crippen LogP contribution in [0.15, 0.2) is 0 Å². The first-order valence-corrected chi connectivity index (χ1v) is 7.96. The van der Waals surface area contributed by atoms with Crippen molar-refractivity contribution in [3.8, 4) is 0 Å². The first kappa shape index (κ1) is 22.3. The molecule has 0 spiro atoms. The topological polar surface area (TPSA) is 116 Å². The molecule has 1 aliphatic heterocycles. The summed E-state index contributed by atoms with van der Waals surface area (Å²) in [6, 6.07) is 0. The molecule has 10 nitrogen and oxygen atoms in total. The van der Waals surface area contributed by atoms with E-state index >= 15 is 0 Å². The van der Waals surface area contributed by atoms with Crippen LogP contribution in [0.3, 0.4) is 0 Å². The smallest absolute Gasteiger partial charge is 0.303 e. The summed E-state index contributed by atoms with van der Waals surface area (Å²) in [7, 11) is 4.24. The first-order chi connectivity index (χ1) is 12.2. The van der Waals surface area contributed by atoms with E-state index in [2.05, 4.69) is 0 Å². The third kappa shape index (κ3) is 5.90. The van der Waals surface area contributed by atoms with Crippen molar-refractivity contribution in [2.24, 2.45) is 0 Å². The zero-order chi connectivity index (χ0) is 19.9. The molecule has 0 aromatic heterocycles. The van der Waals surface area contributed by atoms with Gasteiger partial charge in [0, 0.05) is 42.1 Å². The maximum absolute atomic E-state index is 11.6. The molecule has 0 bridgehead atoms. The summed E-state index contributed by atoms with van der Waals surface area (Å²) in [6.45, 7) is 3.68. The summed E-state index contributed by atoms with van der Waals surface area (Å²) in [5.41, 5.74) is 0. The van der Waals surface area contributed by atoms with Crippen LogP contribution in [-0.4, -0.2) is 82.7 Å². The van der Waals surface area contributed by atoms with Crippen molar-refractivity contribution in [2.75, 3.05) is 27.9 Å². The number of hydrogen-bond acceptors (Lipinski definition) is 10. The van der Waals surface area contributed by atoms with Crippen LogP contribution in [0.1, 0.15) is 20.8 Å². The van der Waals surface area contributed by atoms with Gasteiger partial charge in [-0.2, -0.15) is 0 Å². The summed E-state index contributed by atoms with van der Waals surface area (Å²) < 4.78 is 37.4. The van der Waals surface area contributed by atoms with Crippen LogP contribution in [0.5, 0.6) is 0 Å². The number of hydrogen-bond donors (Lipinski definition) is 0. The van der Waals surface area contributed by atoms with Gasteiger partial charge in [0.15, 0.2) is 24.6 Å². The average molecular weight is 378 g/mol. The molecule has 0 radical (unpaired) electrons. The van der Waals surface area contributed by atoms with E-state index in [0.717, 1.165) is 0 Å². The molecule has 1 heterocycles. The number of carbonyl (C=O) groups excluding carboxylic acids is 3. The normalized spacial score (nSPS) is 29.5. The van der Waals surface area contributed by atoms with Crippen molar-refractivity contribution in [3.63, 3.8) is 0 Å². The zero-order valence-electron chi connectivity index (χ0n) is 15.8. The van der Waals surface area contributed by atoms with Gasteiger partial charge < -0.3 is 33.2 Å². The first-order valence-electron chi connectivity index (χ1n) is 7.96. The van der Waals surface area contributed by atoms with Crippen molar-refractivity contribution in [2.45, 2.75) is 57.6 Å². The maximum atomic E-state index is 11.6. The minimum Gasteiger partial charge on any atom is -0.456 e. The number of esters is 3. The lowest BCUT2D eigenvalue weighted by Crippen LogP contribution is -2.64. The lowest BCUT2D eigenvalue weighted by molar-refractivity contribution is -0.313. The third-order valence-corrected chi connectivity index (χ3v) is 3.67. The Bertz CT molecular complexity index is 493. The SMILES string of the molecule is COC[C@@H](OC)[C@H]1O[C@@H](OC)[C@H](OC(C)=O)[C@@H](OC(C)=O)[C@@H]1OC(C)=O. The van der Waals surface area contributed by atoms with Crippen LogP contribution in [0.2, 0.25) is 0 Å². The summed E-state index contributed by atoms with van der Waals surface area (Å²) in [5.74, 6) is -1.93. The third-order valence-electron chi connectivity index (χ3n) is 3.67. The Morgan fingerprint density at radius 1 is 0.846 bits per heavy atom. The standard InChI is InChI=1S/C16H26O10/c1-8(17)23-13-12(11(21-5)7-20-4)26-16(22-6)15(25-10(3)19)14(13)24-9(2)18/h11-16H,7H2,1-6H3/t11-,12-,13-,14+,15-,16-/m1/s1. The lowest BCUT2D eigenvalue weighted by atomic mass is 9.94. The molecule has 0 aromatic carbocycles. The van der Waals surface area contributed by atoms with Crippen molar-refractivity contribution < 1.29 is 47.5 Å². The number of rotatable bonds is 8. The van der Waals surface area contributed by atoms with Crippen LogP contribution < -0.4 is 0 Å². The van der Waals surface area contributed by atoms with Gasteiger partial charge in [-0.1, -0.05) is 0 Å². The highest BCUT2D eigenvalue weighted by molar-refractivity contribution is 5.68. The van der Waals surface area contributed by atoms with E-state index in [1.54, 1.807) is 0 Å². The summed E-state index contributed by atoms with van der Waals surface area (Å²) in [4.78, 5) is 34.7. The highest BCUT2D eigenvalue weighted by atomic mass is 16.7. The summed E-state index contributed by atoms with van der Waals surface area (Å²) >= 11 is 0. The van der Waals surface area contributed by atoms with E-state index in [-0.39, 0.29) is 6.61 Å². The van der Waals surface area contributed by atoms with Crippen molar-refractivity contribution in [1.82, 2.24) is 0 Å². The van der Waals surface area contributed by atoms with E-state index in [9.17, 15) is 14.4 Å². The van der Waals surface area contributed by atoms with E-state index in [4.69, 9.17) is 33.2 Å². The van der Waals surface area contributed by atoms with Crippen LogP contribution in [0.4, 0.5) is 0 Å². The fourth-order valence-electron chi connectivity index (χ4n) is 2.75. The molecule has 150 valence electrons. The maximum Gasteiger partial charge on any atom is 0.303 e. The molecule has 0 N–H and O–H groups in total. The Balaban J connectivity index is 3.31. The van der Waals surface area contributed by atoms with Gasteiger partial charge >= 0.3 is 17.9 Å². The number of ether oxygens (including phenoxy) is 7. The zero-order valence-corrected chi connectivity index (χ0v) is 15.8. The minimum atomic E-state index is -1.15.